The van der Waals surface area contributed by atoms with Gasteiger partial charge in [-0.3, -0.25) is 0 Å². The zero-order valence-corrected chi connectivity index (χ0v) is 21.0. The Morgan fingerprint density at radius 3 is 2.21 bits per heavy atom. The molecule has 2 aliphatic rings. The van der Waals surface area contributed by atoms with E-state index >= 15 is 0 Å². The van der Waals surface area contributed by atoms with Crippen molar-refractivity contribution in [3.63, 3.8) is 0 Å². The molecular formula is C29H29N3O6. The summed E-state index contributed by atoms with van der Waals surface area (Å²) in [5.41, 5.74) is 7.67. The highest BCUT2D eigenvalue weighted by Crippen LogP contribution is 2.44. The van der Waals surface area contributed by atoms with Crippen molar-refractivity contribution in [1.29, 1.82) is 0 Å². The minimum atomic E-state index is -1.07. The normalized spacial score (nSPS) is 15.9. The van der Waals surface area contributed by atoms with Crippen LogP contribution in [0.2, 0.25) is 0 Å². The topological polar surface area (TPSA) is 108 Å². The number of fused-ring (bicyclic) bond motifs is 3. The molecule has 1 saturated heterocycles. The third kappa shape index (κ3) is 5.00. The summed E-state index contributed by atoms with van der Waals surface area (Å²) in [5, 5.41) is 10.7. The molecule has 0 bridgehead atoms. The van der Waals surface area contributed by atoms with E-state index in [2.05, 4.69) is 17.6 Å². The summed E-state index contributed by atoms with van der Waals surface area (Å²) in [6.45, 7) is 0.406. The molecule has 9 heteroatoms. The van der Waals surface area contributed by atoms with E-state index in [1.54, 1.807) is 31.4 Å². The Morgan fingerprint density at radius 2 is 1.61 bits per heavy atom. The average Bonchev–Trinajstić information content (AvgIpc) is 3.55. The highest BCUT2D eigenvalue weighted by molar-refractivity contribution is 5.84. The summed E-state index contributed by atoms with van der Waals surface area (Å²) >= 11 is 0. The number of carboxylic acid groups (broad SMARTS) is 1. The number of amides is 3. The highest BCUT2D eigenvalue weighted by Gasteiger charge is 2.37. The fourth-order valence-electron chi connectivity index (χ4n) is 5.22. The molecule has 1 atom stereocenters. The molecule has 1 aliphatic heterocycles. The predicted octanol–water partition coefficient (Wildman–Crippen LogP) is 4.62. The standard InChI is InChI=1S/C29H29N3O6/c1-37-20-14-12-19(13-15-20)17-32(29(36)31-16-6-11-26(31)27(33)34)30-28(35)38-18-25-23-9-4-2-7-21(23)22-8-3-5-10-24(22)25/h2-5,7-10,12-15,25-26H,6,11,16-18H2,1H3,(H,30,35)(H,33,34)/t26-/m0/s1. The number of ether oxygens (including phenoxy) is 2. The van der Waals surface area contributed by atoms with Crippen molar-refractivity contribution < 1.29 is 29.0 Å². The van der Waals surface area contributed by atoms with Crippen LogP contribution in [0.5, 0.6) is 5.75 Å². The van der Waals surface area contributed by atoms with Crippen LogP contribution in [0.1, 0.15) is 35.4 Å². The van der Waals surface area contributed by atoms with Gasteiger partial charge in [-0.05, 0) is 52.8 Å². The van der Waals surface area contributed by atoms with Gasteiger partial charge in [0.15, 0.2) is 0 Å². The second kappa shape index (κ2) is 10.8. The molecule has 196 valence electrons. The first-order chi connectivity index (χ1) is 18.5. The Kier molecular flexibility index (Phi) is 7.17. The summed E-state index contributed by atoms with van der Waals surface area (Å²) in [6, 6.07) is 21.6. The number of urea groups is 1. The number of nitrogens with zero attached hydrogens (tertiary/aromatic N) is 2. The van der Waals surface area contributed by atoms with Crippen LogP contribution in [0.3, 0.4) is 0 Å². The van der Waals surface area contributed by atoms with E-state index in [1.165, 1.54) is 4.90 Å². The zero-order chi connectivity index (χ0) is 26.6. The van der Waals surface area contributed by atoms with Gasteiger partial charge in [0, 0.05) is 12.5 Å². The Morgan fingerprint density at radius 1 is 0.974 bits per heavy atom. The summed E-state index contributed by atoms with van der Waals surface area (Å²) in [7, 11) is 1.56. The lowest BCUT2D eigenvalue weighted by Crippen LogP contribution is -2.54. The van der Waals surface area contributed by atoms with Crippen LogP contribution in [0.25, 0.3) is 11.1 Å². The van der Waals surface area contributed by atoms with Gasteiger partial charge in [-0.15, -0.1) is 0 Å². The Labute approximate surface area is 220 Å². The highest BCUT2D eigenvalue weighted by atomic mass is 16.6. The fourth-order valence-corrected chi connectivity index (χ4v) is 5.22. The number of hydrogen-bond acceptors (Lipinski definition) is 5. The molecule has 0 spiro atoms. The smallest absolute Gasteiger partial charge is 0.426 e. The van der Waals surface area contributed by atoms with Crippen LogP contribution in [0.4, 0.5) is 9.59 Å². The van der Waals surface area contributed by atoms with Gasteiger partial charge in [-0.2, -0.15) is 0 Å². The first-order valence-electron chi connectivity index (χ1n) is 12.5. The average molecular weight is 516 g/mol. The number of carbonyl (C=O) groups is 3. The van der Waals surface area contributed by atoms with Crippen LogP contribution >= 0.6 is 0 Å². The second-order valence-electron chi connectivity index (χ2n) is 9.34. The van der Waals surface area contributed by atoms with E-state index in [0.29, 0.717) is 25.1 Å². The molecule has 0 saturated carbocycles. The number of benzene rings is 3. The van der Waals surface area contributed by atoms with Crippen LogP contribution < -0.4 is 10.2 Å². The lowest BCUT2D eigenvalue weighted by molar-refractivity contribution is -0.141. The van der Waals surface area contributed by atoms with E-state index in [-0.39, 0.29) is 19.1 Å². The Bertz CT molecular complexity index is 1300. The molecule has 3 aromatic carbocycles. The molecule has 1 aliphatic carbocycles. The lowest BCUT2D eigenvalue weighted by Gasteiger charge is -2.30. The largest absolute Gasteiger partial charge is 0.497 e. The second-order valence-corrected chi connectivity index (χ2v) is 9.34. The van der Waals surface area contributed by atoms with Crippen LogP contribution in [-0.4, -0.2) is 59.4 Å². The van der Waals surface area contributed by atoms with Crippen molar-refractivity contribution in [3.05, 3.63) is 89.5 Å². The first kappa shape index (κ1) is 25.1. The molecule has 1 heterocycles. The Hall–Kier alpha value is -4.53. The molecule has 0 unspecified atom stereocenters. The predicted molar refractivity (Wildman–Crippen MR) is 140 cm³/mol. The maximum absolute atomic E-state index is 13.4. The SMILES string of the molecule is COc1ccc(CN(NC(=O)OCC2c3ccccc3-c3ccccc32)C(=O)N2CCC[C@H]2C(=O)O)cc1. The lowest BCUT2D eigenvalue weighted by atomic mass is 9.98. The molecule has 0 radical (unpaired) electrons. The van der Waals surface area contributed by atoms with Gasteiger partial charge in [0.2, 0.25) is 0 Å². The number of likely N-dealkylation sites (tertiary alicyclic amines) is 1. The van der Waals surface area contributed by atoms with Crippen molar-refractivity contribution in [3.8, 4) is 16.9 Å². The molecule has 1 fully saturated rings. The van der Waals surface area contributed by atoms with Crippen LogP contribution in [-0.2, 0) is 16.1 Å². The first-order valence-corrected chi connectivity index (χ1v) is 12.5. The molecule has 38 heavy (non-hydrogen) atoms. The molecule has 3 aromatic rings. The third-order valence-electron chi connectivity index (χ3n) is 7.08. The monoisotopic (exact) mass is 515 g/mol. The van der Waals surface area contributed by atoms with Gasteiger partial charge >= 0.3 is 18.1 Å². The maximum atomic E-state index is 13.4. The van der Waals surface area contributed by atoms with E-state index in [9.17, 15) is 19.5 Å². The number of aliphatic carboxylic acids is 1. The zero-order valence-electron chi connectivity index (χ0n) is 21.0. The van der Waals surface area contributed by atoms with Crippen LogP contribution in [0.15, 0.2) is 72.8 Å². The quantitative estimate of drug-likeness (QED) is 0.464. The van der Waals surface area contributed by atoms with Crippen molar-refractivity contribution in [1.82, 2.24) is 15.3 Å². The number of rotatable bonds is 6. The summed E-state index contributed by atoms with van der Waals surface area (Å²) in [6.07, 6.45) is 0.145. The number of hydrogen-bond donors (Lipinski definition) is 2. The fraction of sp³-hybridized carbons (Fsp3) is 0.276. The van der Waals surface area contributed by atoms with E-state index in [0.717, 1.165) is 32.8 Å². The molecule has 9 nitrogen and oxygen atoms in total. The van der Waals surface area contributed by atoms with E-state index in [1.807, 2.05) is 36.4 Å². The van der Waals surface area contributed by atoms with Gasteiger partial charge in [-0.1, -0.05) is 60.7 Å². The van der Waals surface area contributed by atoms with Gasteiger partial charge < -0.3 is 19.5 Å². The van der Waals surface area contributed by atoms with Crippen molar-refractivity contribution >= 4 is 18.1 Å². The van der Waals surface area contributed by atoms with Crippen molar-refractivity contribution in [2.24, 2.45) is 0 Å². The summed E-state index contributed by atoms with van der Waals surface area (Å²) < 4.78 is 10.8. The third-order valence-corrected chi connectivity index (χ3v) is 7.08. The summed E-state index contributed by atoms with van der Waals surface area (Å²) in [4.78, 5) is 39.4. The molecule has 3 amide bonds. The van der Waals surface area contributed by atoms with Crippen LogP contribution in [0, 0.1) is 0 Å². The number of carboxylic acids is 1. The van der Waals surface area contributed by atoms with E-state index < -0.39 is 24.1 Å². The van der Waals surface area contributed by atoms with Gasteiger partial charge in [0.05, 0.1) is 13.7 Å². The minimum Gasteiger partial charge on any atom is -0.497 e. The van der Waals surface area contributed by atoms with Gasteiger partial charge in [0.1, 0.15) is 18.4 Å². The van der Waals surface area contributed by atoms with Gasteiger partial charge in [0.25, 0.3) is 0 Å². The molecule has 2 N–H and O–H groups in total. The maximum Gasteiger partial charge on any atom is 0.426 e. The van der Waals surface area contributed by atoms with Gasteiger partial charge in [-0.25, -0.2) is 24.8 Å². The minimum absolute atomic E-state index is 0.0237. The number of nitrogens with one attached hydrogen (secondary N) is 1. The van der Waals surface area contributed by atoms with Crippen molar-refractivity contribution in [2.75, 3.05) is 20.3 Å². The van der Waals surface area contributed by atoms with E-state index in [4.69, 9.17) is 9.47 Å². The Balaban J connectivity index is 1.32. The molecule has 5 rings (SSSR count). The van der Waals surface area contributed by atoms with Crippen molar-refractivity contribution in [2.45, 2.75) is 31.3 Å². The number of carbonyl (C=O) groups excluding carboxylic acids is 2. The molecule has 0 aromatic heterocycles. The summed E-state index contributed by atoms with van der Waals surface area (Å²) in [5.74, 6) is -0.545. The molecular weight excluding hydrogens is 486 g/mol. The number of hydrazine groups is 1. The number of methoxy groups -OCH3 is 1.